The molecule has 0 aromatic carbocycles. The Labute approximate surface area is 99.9 Å². The van der Waals surface area contributed by atoms with Crippen LogP contribution in [0.3, 0.4) is 0 Å². The van der Waals surface area contributed by atoms with E-state index in [1.165, 1.54) is 57.8 Å². The van der Waals surface area contributed by atoms with Crippen molar-refractivity contribution in [3.63, 3.8) is 0 Å². The van der Waals surface area contributed by atoms with Gasteiger partial charge in [0.15, 0.2) is 0 Å². The van der Waals surface area contributed by atoms with Crippen LogP contribution in [0, 0.1) is 11.8 Å². The highest BCUT2D eigenvalue weighted by Gasteiger charge is 2.22. The van der Waals surface area contributed by atoms with Crippen LogP contribution < -0.4 is 5.73 Å². The average molecular weight is 225 g/mol. The number of rotatable bonds is 4. The number of hydrogen-bond acceptors (Lipinski definition) is 2. The normalized spacial score (nSPS) is 26.8. The van der Waals surface area contributed by atoms with E-state index in [1.807, 2.05) is 0 Å². The second-order valence-electron chi connectivity index (χ2n) is 5.70. The summed E-state index contributed by atoms with van der Waals surface area (Å²) in [5.74, 6) is 1.72. The van der Waals surface area contributed by atoms with Crippen LogP contribution in [0.2, 0.25) is 0 Å². The van der Waals surface area contributed by atoms with Crippen molar-refractivity contribution in [2.45, 2.75) is 63.8 Å². The van der Waals surface area contributed by atoms with Crippen LogP contribution >= 0.6 is 0 Å². The molecule has 1 saturated carbocycles. The minimum atomic E-state index is 0.436. The highest BCUT2D eigenvalue weighted by Crippen LogP contribution is 2.29. The van der Waals surface area contributed by atoms with Gasteiger partial charge in [0, 0.05) is 19.3 Å². The molecular formula is C14H27NO. The maximum Gasteiger partial charge on any atom is 0.0469 e. The van der Waals surface area contributed by atoms with Crippen LogP contribution in [0.15, 0.2) is 0 Å². The molecule has 0 bridgehead atoms. The number of nitrogens with two attached hydrogens (primary N) is 1. The molecule has 2 heteroatoms. The Morgan fingerprint density at radius 1 is 1.00 bits per heavy atom. The lowest BCUT2D eigenvalue weighted by Crippen LogP contribution is -2.34. The summed E-state index contributed by atoms with van der Waals surface area (Å²) >= 11 is 0. The molecule has 1 heterocycles. The van der Waals surface area contributed by atoms with E-state index in [-0.39, 0.29) is 0 Å². The lowest BCUT2D eigenvalue weighted by molar-refractivity contribution is 0.0565. The highest BCUT2D eigenvalue weighted by atomic mass is 16.5. The number of hydrogen-bond donors (Lipinski definition) is 1. The molecule has 1 aliphatic heterocycles. The van der Waals surface area contributed by atoms with Gasteiger partial charge in [-0.3, -0.25) is 0 Å². The van der Waals surface area contributed by atoms with Gasteiger partial charge in [0.25, 0.3) is 0 Å². The molecule has 0 radical (unpaired) electrons. The maximum atomic E-state index is 6.31. The van der Waals surface area contributed by atoms with Crippen LogP contribution in [0.5, 0.6) is 0 Å². The van der Waals surface area contributed by atoms with Gasteiger partial charge < -0.3 is 10.5 Å². The molecule has 2 aliphatic rings. The summed E-state index contributed by atoms with van der Waals surface area (Å²) in [4.78, 5) is 0. The first-order valence-electron chi connectivity index (χ1n) is 7.19. The molecule has 2 fully saturated rings. The quantitative estimate of drug-likeness (QED) is 0.798. The molecule has 16 heavy (non-hydrogen) atoms. The van der Waals surface area contributed by atoms with Gasteiger partial charge in [0.05, 0.1) is 0 Å². The highest BCUT2D eigenvalue weighted by molar-refractivity contribution is 4.77. The minimum absolute atomic E-state index is 0.436. The Bertz CT molecular complexity index is 183. The van der Waals surface area contributed by atoms with Crippen molar-refractivity contribution >= 4 is 0 Å². The van der Waals surface area contributed by atoms with Gasteiger partial charge in [-0.2, -0.15) is 0 Å². The summed E-state index contributed by atoms with van der Waals surface area (Å²) in [6, 6.07) is 0.436. The lowest BCUT2D eigenvalue weighted by atomic mass is 9.82. The first-order valence-corrected chi connectivity index (χ1v) is 7.19. The predicted molar refractivity (Wildman–Crippen MR) is 67.3 cm³/mol. The first-order chi connectivity index (χ1) is 7.86. The molecule has 2 rings (SSSR count). The van der Waals surface area contributed by atoms with E-state index >= 15 is 0 Å². The topological polar surface area (TPSA) is 35.2 Å². The van der Waals surface area contributed by atoms with Gasteiger partial charge in [-0.25, -0.2) is 0 Å². The third-order valence-corrected chi connectivity index (χ3v) is 4.50. The van der Waals surface area contributed by atoms with Gasteiger partial charge >= 0.3 is 0 Å². The van der Waals surface area contributed by atoms with Gasteiger partial charge in [0.1, 0.15) is 0 Å². The molecule has 2 N–H and O–H groups in total. The second-order valence-corrected chi connectivity index (χ2v) is 5.70. The molecule has 94 valence electrons. The van der Waals surface area contributed by atoms with Crippen molar-refractivity contribution in [3.05, 3.63) is 0 Å². The summed E-state index contributed by atoms with van der Waals surface area (Å²) in [6.07, 6.45) is 12.3. The van der Waals surface area contributed by atoms with E-state index in [0.717, 1.165) is 25.0 Å². The summed E-state index contributed by atoms with van der Waals surface area (Å²) in [7, 11) is 0. The zero-order chi connectivity index (χ0) is 11.2. The Morgan fingerprint density at radius 3 is 2.38 bits per heavy atom. The van der Waals surface area contributed by atoms with Crippen molar-refractivity contribution in [1.29, 1.82) is 0 Å². The third-order valence-electron chi connectivity index (χ3n) is 4.50. The van der Waals surface area contributed by atoms with Gasteiger partial charge in [-0.05, 0) is 37.5 Å². The van der Waals surface area contributed by atoms with E-state index in [0.29, 0.717) is 6.04 Å². The van der Waals surface area contributed by atoms with Crippen molar-refractivity contribution in [2.24, 2.45) is 17.6 Å². The fourth-order valence-electron chi connectivity index (χ4n) is 3.28. The molecule has 1 saturated heterocycles. The molecule has 1 aliphatic carbocycles. The molecule has 0 spiro atoms. The van der Waals surface area contributed by atoms with Crippen molar-refractivity contribution < 1.29 is 4.74 Å². The Kier molecular flexibility index (Phi) is 5.11. The smallest absolute Gasteiger partial charge is 0.0469 e. The minimum Gasteiger partial charge on any atom is -0.381 e. The molecule has 1 atom stereocenters. The Hall–Kier alpha value is -0.0800. The van der Waals surface area contributed by atoms with Crippen molar-refractivity contribution in [2.75, 3.05) is 13.2 Å². The summed E-state index contributed by atoms with van der Waals surface area (Å²) < 4.78 is 5.39. The fourth-order valence-corrected chi connectivity index (χ4v) is 3.28. The zero-order valence-electron chi connectivity index (χ0n) is 10.5. The third kappa shape index (κ3) is 3.74. The molecular weight excluding hydrogens is 198 g/mol. The van der Waals surface area contributed by atoms with Gasteiger partial charge in [0.2, 0.25) is 0 Å². The second kappa shape index (κ2) is 6.61. The number of ether oxygens (including phenoxy) is 1. The molecule has 2 nitrogen and oxygen atoms in total. The summed E-state index contributed by atoms with van der Waals surface area (Å²) in [6.45, 7) is 1.86. The zero-order valence-corrected chi connectivity index (χ0v) is 10.5. The van der Waals surface area contributed by atoms with Crippen LogP contribution in [0.4, 0.5) is 0 Å². The van der Waals surface area contributed by atoms with Crippen molar-refractivity contribution in [3.8, 4) is 0 Å². The van der Waals surface area contributed by atoms with E-state index in [1.54, 1.807) is 0 Å². The van der Waals surface area contributed by atoms with E-state index < -0.39 is 0 Å². The summed E-state index contributed by atoms with van der Waals surface area (Å²) in [5.41, 5.74) is 6.31. The molecule has 0 amide bonds. The van der Waals surface area contributed by atoms with Crippen LogP contribution in [-0.2, 0) is 4.74 Å². The lowest BCUT2D eigenvalue weighted by Gasteiger charge is -2.29. The maximum absolute atomic E-state index is 6.31. The summed E-state index contributed by atoms with van der Waals surface area (Å²) in [5, 5.41) is 0. The Balaban J connectivity index is 1.63. The standard InChI is InChI=1S/C14H27NO/c15-14(13-8-10-16-11-9-13)7-6-12-4-2-1-3-5-12/h12-14H,1-11,15H2. The SMILES string of the molecule is NC(CCC1CCCCC1)C1CCOCC1. The van der Waals surface area contributed by atoms with E-state index in [9.17, 15) is 0 Å². The van der Waals surface area contributed by atoms with Crippen LogP contribution in [0.1, 0.15) is 57.8 Å². The fraction of sp³-hybridized carbons (Fsp3) is 1.00. The van der Waals surface area contributed by atoms with E-state index in [4.69, 9.17) is 10.5 Å². The Morgan fingerprint density at radius 2 is 1.69 bits per heavy atom. The largest absolute Gasteiger partial charge is 0.381 e. The predicted octanol–water partition coefficient (Wildman–Crippen LogP) is 3.10. The van der Waals surface area contributed by atoms with Crippen molar-refractivity contribution in [1.82, 2.24) is 0 Å². The monoisotopic (exact) mass is 225 g/mol. The van der Waals surface area contributed by atoms with E-state index in [2.05, 4.69) is 0 Å². The first kappa shape index (κ1) is 12.4. The molecule has 0 aromatic rings. The van der Waals surface area contributed by atoms with Gasteiger partial charge in [-0.15, -0.1) is 0 Å². The average Bonchev–Trinajstić information content (AvgIpc) is 2.38. The molecule has 0 aromatic heterocycles. The molecule has 1 unspecified atom stereocenters. The van der Waals surface area contributed by atoms with Crippen LogP contribution in [-0.4, -0.2) is 19.3 Å². The van der Waals surface area contributed by atoms with Gasteiger partial charge in [-0.1, -0.05) is 32.1 Å². The van der Waals surface area contributed by atoms with Crippen LogP contribution in [0.25, 0.3) is 0 Å².